The predicted molar refractivity (Wildman–Crippen MR) is 48.9 cm³/mol. The number of nitrogens with one attached hydrogen (secondary N) is 1. The summed E-state index contributed by atoms with van der Waals surface area (Å²) < 4.78 is 0. The van der Waals surface area contributed by atoms with Crippen LogP contribution in [0.25, 0.3) is 0 Å². The number of hydrogen-bond acceptors (Lipinski definition) is 2. The SMILES string of the molecule is CCC/C=C(\C)NC(C)C(=O)O. The van der Waals surface area contributed by atoms with Crippen LogP contribution in [0.2, 0.25) is 0 Å². The van der Waals surface area contributed by atoms with Crippen LogP contribution in [0, 0.1) is 0 Å². The average molecular weight is 171 g/mol. The summed E-state index contributed by atoms with van der Waals surface area (Å²) in [6, 6.07) is -0.502. The predicted octanol–water partition coefficient (Wildman–Crippen LogP) is 1.75. The third-order valence-corrected chi connectivity index (χ3v) is 1.55. The molecule has 0 radical (unpaired) electrons. The molecule has 1 atom stereocenters. The molecule has 0 fully saturated rings. The van der Waals surface area contributed by atoms with Crippen LogP contribution < -0.4 is 5.32 Å². The molecule has 0 heterocycles. The molecule has 0 saturated heterocycles. The van der Waals surface area contributed by atoms with Gasteiger partial charge in [0.1, 0.15) is 6.04 Å². The Morgan fingerprint density at radius 2 is 2.25 bits per heavy atom. The van der Waals surface area contributed by atoms with Crippen LogP contribution in [0.1, 0.15) is 33.6 Å². The largest absolute Gasteiger partial charge is 0.480 e. The Kier molecular flexibility index (Phi) is 5.17. The summed E-state index contributed by atoms with van der Waals surface area (Å²) in [7, 11) is 0. The number of carboxylic acid groups (broad SMARTS) is 1. The second-order valence-electron chi connectivity index (χ2n) is 2.88. The number of carboxylic acids is 1. The van der Waals surface area contributed by atoms with Crippen molar-refractivity contribution >= 4 is 5.97 Å². The highest BCUT2D eigenvalue weighted by Crippen LogP contribution is 1.96. The molecule has 12 heavy (non-hydrogen) atoms. The van der Waals surface area contributed by atoms with Crippen LogP contribution in [-0.4, -0.2) is 17.1 Å². The van der Waals surface area contributed by atoms with Crippen LogP contribution in [0.5, 0.6) is 0 Å². The molecule has 0 aromatic heterocycles. The van der Waals surface area contributed by atoms with Gasteiger partial charge in [-0.25, -0.2) is 0 Å². The van der Waals surface area contributed by atoms with E-state index >= 15 is 0 Å². The van der Waals surface area contributed by atoms with Crippen molar-refractivity contribution in [3.05, 3.63) is 11.8 Å². The van der Waals surface area contributed by atoms with Crippen LogP contribution in [0.3, 0.4) is 0 Å². The molecule has 2 N–H and O–H groups in total. The van der Waals surface area contributed by atoms with Gasteiger partial charge in [0, 0.05) is 5.70 Å². The van der Waals surface area contributed by atoms with Crippen LogP contribution >= 0.6 is 0 Å². The molecule has 0 aliphatic rings. The van der Waals surface area contributed by atoms with Gasteiger partial charge in [-0.05, 0) is 20.3 Å². The van der Waals surface area contributed by atoms with Gasteiger partial charge in [-0.15, -0.1) is 0 Å². The third kappa shape index (κ3) is 4.77. The van der Waals surface area contributed by atoms with Gasteiger partial charge < -0.3 is 10.4 Å². The summed E-state index contributed by atoms with van der Waals surface area (Å²) in [5, 5.41) is 11.4. The average Bonchev–Trinajstić information content (AvgIpc) is 2.00. The number of unbranched alkanes of at least 4 members (excludes halogenated alkanes) is 1. The summed E-state index contributed by atoms with van der Waals surface area (Å²) in [5.41, 5.74) is 0.937. The fourth-order valence-corrected chi connectivity index (χ4v) is 0.823. The van der Waals surface area contributed by atoms with Gasteiger partial charge in [0.15, 0.2) is 0 Å². The van der Waals surface area contributed by atoms with Crippen molar-refractivity contribution in [2.45, 2.75) is 39.7 Å². The number of aliphatic carboxylic acids is 1. The zero-order valence-corrected chi connectivity index (χ0v) is 7.92. The van der Waals surface area contributed by atoms with E-state index in [9.17, 15) is 4.79 Å². The van der Waals surface area contributed by atoms with Crippen LogP contribution in [0.4, 0.5) is 0 Å². The van der Waals surface area contributed by atoms with E-state index in [1.807, 2.05) is 13.0 Å². The fourth-order valence-electron chi connectivity index (χ4n) is 0.823. The smallest absolute Gasteiger partial charge is 0.325 e. The van der Waals surface area contributed by atoms with Crippen molar-refractivity contribution in [2.24, 2.45) is 0 Å². The molecule has 3 nitrogen and oxygen atoms in total. The molecule has 1 unspecified atom stereocenters. The minimum absolute atomic E-state index is 0.502. The standard InChI is InChI=1S/C9H17NO2/c1-4-5-6-7(2)10-8(3)9(11)12/h6,8,10H,4-5H2,1-3H3,(H,11,12)/b7-6+. The Balaban J connectivity index is 3.82. The van der Waals surface area contributed by atoms with E-state index in [2.05, 4.69) is 12.2 Å². The van der Waals surface area contributed by atoms with Gasteiger partial charge in [0.25, 0.3) is 0 Å². The molecule has 0 rings (SSSR count). The Morgan fingerprint density at radius 1 is 1.67 bits per heavy atom. The van der Waals surface area contributed by atoms with Crippen LogP contribution in [0.15, 0.2) is 11.8 Å². The summed E-state index contributed by atoms with van der Waals surface area (Å²) in [6.07, 6.45) is 4.09. The highest BCUT2D eigenvalue weighted by molar-refractivity contribution is 5.73. The van der Waals surface area contributed by atoms with E-state index in [1.165, 1.54) is 0 Å². The molecule has 0 aromatic carbocycles. The summed E-state index contributed by atoms with van der Waals surface area (Å²) in [4.78, 5) is 10.4. The van der Waals surface area contributed by atoms with Crippen molar-refractivity contribution in [1.29, 1.82) is 0 Å². The van der Waals surface area contributed by atoms with E-state index in [-0.39, 0.29) is 0 Å². The Bertz CT molecular complexity index is 175. The zero-order chi connectivity index (χ0) is 9.56. The quantitative estimate of drug-likeness (QED) is 0.662. The van der Waals surface area contributed by atoms with Gasteiger partial charge in [-0.1, -0.05) is 19.4 Å². The van der Waals surface area contributed by atoms with Crippen molar-refractivity contribution in [3.63, 3.8) is 0 Å². The van der Waals surface area contributed by atoms with Gasteiger partial charge >= 0.3 is 5.97 Å². The van der Waals surface area contributed by atoms with Gasteiger partial charge in [0.2, 0.25) is 0 Å². The normalized spacial score (nSPS) is 14.1. The molecule has 70 valence electrons. The number of rotatable bonds is 5. The van der Waals surface area contributed by atoms with Crippen molar-refractivity contribution in [2.75, 3.05) is 0 Å². The lowest BCUT2D eigenvalue weighted by Crippen LogP contribution is -2.32. The van der Waals surface area contributed by atoms with Gasteiger partial charge in [-0.2, -0.15) is 0 Å². The van der Waals surface area contributed by atoms with E-state index in [4.69, 9.17) is 5.11 Å². The molecule has 0 aromatic rings. The Hall–Kier alpha value is -0.990. The second kappa shape index (κ2) is 5.63. The number of hydrogen-bond donors (Lipinski definition) is 2. The number of carbonyl (C=O) groups is 1. The van der Waals surface area contributed by atoms with E-state index in [0.29, 0.717) is 0 Å². The minimum Gasteiger partial charge on any atom is -0.480 e. The highest BCUT2D eigenvalue weighted by atomic mass is 16.4. The topological polar surface area (TPSA) is 49.3 Å². The molecule has 0 aliphatic carbocycles. The molecular weight excluding hydrogens is 154 g/mol. The van der Waals surface area contributed by atoms with E-state index in [0.717, 1.165) is 18.5 Å². The maximum absolute atomic E-state index is 10.4. The lowest BCUT2D eigenvalue weighted by atomic mass is 10.2. The first kappa shape index (κ1) is 11.0. The molecule has 0 spiro atoms. The summed E-state index contributed by atoms with van der Waals surface area (Å²) in [5.74, 6) is -0.820. The molecule has 0 amide bonds. The molecule has 3 heteroatoms. The van der Waals surface area contributed by atoms with Crippen molar-refractivity contribution in [1.82, 2.24) is 5.32 Å². The maximum Gasteiger partial charge on any atom is 0.325 e. The first-order valence-corrected chi connectivity index (χ1v) is 4.24. The second-order valence-corrected chi connectivity index (χ2v) is 2.88. The zero-order valence-electron chi connectivity index (χ0n) is 7.92. The minimum atomic E-state index is -0.820. The maximum atomic E-state index is 10.4. The molecule has 0 bridgehead atoms. The van der Waals surface area contributed by atoms with Gasteiger partial charge in [0.05, 0.1) is 0 Å². The fraction of sp³-hybridized carbons (Fsp3) is 0.667. The van der Waals surface area contributed by atoms with Gasteiger partial charge in [-0.3, -0.25) is 4.79 Å². The molecule has 0 saturated carbocycles. The third-order valence-electron chi connectivity index (χ3n) is 1.55. The Morgan fingerprint density at radius 3 is 2.67 bits per heavy atom. The monoisotopic (exact) mass is 171 g/mol. The first-order chi connectivity index (χ1) is 5.57. The highest BCUT2D eigenvalue weighted by Gasteiger charge is 2.08. The van der Waals surface area contributed by atoms with E-state index < -0.39 is 12.0 Å². The summed E-state index contributed by atoms with van der Waals surface area (Å²) in [6.45, 7) is 5.60. The Labute approximate surface area is 73.5 Å². The first-order valence-electron chi connectivity index (χ1n) is 4.24. The lowest BCUT2D eigenvalue weighted by Gasteiger charge is -2.10. The lowest BCUT2D eigenvalue weighted by molar-refractivity contribution is -0.138. The van der Waals surface area contributed by atoms with Crippen LogP contribution in [-0.2, 0) is 4.79 Å². The van der Waals surface area contributed by atoms with E-state index in [1.54, 1.807) is 6.92 Å². The molecular formula is C9H17NO2. The van der Waals surface area contributed by atoms with Crippen molar-refractivity contribution < 1.29 is 9.90 Å². The van der Waals surface area contributed by atoms with Crippen molar-refractivity contribution in [3.8, 4) is 0 Å². The summed E-state index contributed by atoms with van der Waals surface area (Å²) >= 11 is 0. The molecule has 0 aliphatic heterocycles. The number of allylic oxidation sites excluding steroid dienone is 2.